The summed E-state index contributed by atoms with van der Waals surface area (Å²) in [5.41, 5.74) is 3.88. The Labute approximate surface area is 142 Å². The first kappa shape index (κ1) is 15.1. The lowest BCUT2D eigenvalue weighted by Crippen LogP contribution is -2.29. The zero-order valence-corrected chi connectivity index (χ0v) is 13.6. The van der Waals surface area contributed by atoms with Crippen LogP contribution in [0.2, 0.25) is 0 Å². The van der Waals surface area contributed by atoms with Gasteiger partial charge in [-0.2, -0.15) is 0 Å². The third kappa shape index (κ3) is 2.73. The summed E-state index contributed by atoms with van der Waals surface area (Å²) < 4.78 is 0. The molecule has 1 saturated heterocycles. The van der Waals surface area contributed by atoms with E-state index in [1.165, 1.54) is 16.8 Å². The number of fused-ring (bicyclic) bond motifs is 3. The Bertz CT molecular complexity index is 731. The van der Waals surface area contributed by atoms with Crippen LogP contribution in [0.15, 0.2) is 54.6 Å². The number of carbonyl (C=O) groups is 1. The van der Waals surface area contributed by atoms with E-state index in [0.717, 1.165) is 19.5 Å². The molecular weight excluding hydrogens is 300 g/mol. The highest BCUT2D eigenvalue weighted by Gasteiger charge is 2.39. The van der Waals surface area contributed by atoms with E-state index in [-0.39, 0.29) is 0 Å². The SMILES string of the molecule is O=C(O)N1CC2CCN(Cc3ccccc3)c3ccccc3C2C1. The molecule has 1 fully saturated rings. The lowest BCUT2D eigenvalue weighted by Gasteiger charge is -2.26. The van der Waals surface area contributed by atoms with Gasteiger partial charge in [0.1, 0.15) is 0 Å². The van der Waals surface area contributed by atoms with Crippen LogP contribution in [0.25, 0.3) is 0 Å². The maximum Gasteiger partial charge on any atom is 0.407 e. The molecule has 0 bridgehead atoms. The van der Waals surface area contributed by atoms with Gasteiger partial charge in [0, 0.05) is 37.8 Å². The molecule has 2 unspecified atom stereocenters. The van der Waals surface area contributed by atoms with E-state index in [0.29, 0.717) is 24.9 Å². The summed E-state index contributed by atoms with van der Waals surface area (Å²) >= 11 is 0. The molecule has 0 aliphatic carbocycles. The summed E-state index contributed by atoms with van der Waals surface area (Å²) in [4.78, 5) is 15.4. The molecule has 2 atom stereocenters. The van der Waals surface area contributed by atoms with Crippen molar-refractivity contribution in [2.75, 3.05) is 24.5 Å². The van der Waals surface area contributed by atoms with Gasteiger partial charge in [-0.15, -0.1) is 0 Å². The molecule has 4 nitrogen and oxygen atoms in total. The van der Waals surface area contributed by atoms with E-state index in [9.17, 15) is 9.90 Å². The maximum absolute atomic E-state index is 11.4. The van der Waals surface area contributed by atoms with Gasteiger partial charge in [-0.05, 0) is 29.5 Å². The lowest BCUT2D eigenvalue weighted by atomic mass is 9.87. The van der Waals surface area contributed by atoms with Gasteiger partial charge in [0.2, 0.25) is 0 Å². The highest BCUT2D eigenvalue weighted by Crippen LogP contribution is 2.42. The zero-order chi connectivity index (χ0) is 16.5. The molecule has 0 aromatic heterocycles. The molecule has 4 rings (SSSR count). The van der Waals surface area contributed by atoms with Crippen LogP contribution in [0.4, 0.5) is 10.5 Å². The van der Waals surface area contributed by atoms with Crippen molar-refractivity contribution in [1.82, 2.24) is 4.90 Å². The normalized spacial score (nSPS) is 22.7. The minimum Gasteiger partial charge on any atom is -0.465 e. The van der Waals surface area contributed by atoms with Crippen LogP contribution in [0.5, 0.6) is 0 Å². The Hall–Kier alpha value is -2.49. The molecule has 1 amide bonds. The van der Waals surface area contributed by atoms with Crippen molar-refractivity contribution in [3.05, 3.63) is 65.7 Å². The fraction of sp³-hybridized carbons (Fsp3) is 0.350. The zero-order valence-electron chi connectivity index (χ0n) is 13.6. The average molecular weight is 322 g/mol. The van der Waals surface area contributed by atoms with E-state index >= 15 is 0 Å². The largest absolute Gasteiger partial charge is 0.465 e. The minimum atomic E-state index is -0.790. The molecule has 1 N–H and O–H groups in total. The molecule has 24 heavy (non-hydrogen) atoms. The molecular formula is C20H22N2O2. The molecule has 2 aromatic rings. The number of hydrogen-bond acceptors (Lipinski definition) is 2. The van der Waals surface area contributed by atoms with Crippen molar-refractivity contribution in [3.8, 4) is 0 Å². The van der Waals surface area contributed by atoms with Crippen molar-refractivity contribution in [3.63, 3.8) is 0 Å². The van der Waals surface area contributed by atoms with Crippen molar-refractivity contribution in [2.45, 2.75) is 18.9 Å². The van der Waals surface area contributed by atoms with E-state index in [4.69, 9.17) is 0 Å². The van der Waals surface area contributed by atoms with Gasteiger partial charge in [0.05, 0.1) is 0 Å². The van der Waals surface area contributed by atoms with Crippen LogP contribution >= 0.6 is 0 Å². The number of nitrogens with zero attached hydrogens (tertiary/aromatic N) is 2. The van der Waals surface area contributed by atoms with E-state index < -0.39 is 6.09 Å². The van der Waals surface area contributed by atoms with Crippen molar-refractivity contribution in [1.29, 1.82) is 0 Å². The number of likely N-dealkylation sites (tertiary alicyclic amines) is 1. The van der Waals surface area contributed by atoms with Crippen LogP contribution < -0.4 is 4.90 Å². The molecule has 2 aliphatic rings. The summed E-state index contributed by atoms with van der Waals surface area (Å²) in [6.07, 6.45) is 0.248. The van der Waals surface area contributed by atoms with Crippen molar-refractivity contribution < 1.29 is 9.90 Å². The van der Waals surface area contributed by atoms with Gasteiger partial charge in [0.15, 0.2) is 0 Å². The van der Waals surface area contributed by atoms with Gasteiger partial charge in [0.25, 0.3) is 0 Å². The summed E-state index contributed by atoms with van der Waals surface area (Å²) in [6, 6.07) is 19.1. The first-order valence-corrected chi connectivity index (χ1v) is 8.58. The Balaban J connectivity index is 1.65. The van der Waals surface area contributed by atoms with Crippen LogP contribution in [-0.2, 0) is 6.54 Å². The number of para-hydroxylation sites is 1. The van der Waals surface area contributed by atoms with Crippen molar-refractivity contribution >= 4 is 11.8 Å². The van der Waals surface area contributed by atoms with E-state index in [1.807, 2.05) is 6.07 Å². The van der Waals surface area contributed by atoms with Gasteiger partial charge >= 0.3 is 6.09 Å². The number of hydrogen-bond donors (Lipinski definition) is 1. The van der Waals surface area contributed by atoms with Crippen LogP contribution in [0.3, 0.4) is 0 Å². The average Bonchev–Trinajstić information content (AvgIpc) is 2.98. The maximum atomic E-state index is 11.4. The highest BCUT2D eigenvalue weighted by atomic mass is 16.4. The van der Waals surface area contributed by atoms with E-state index in [1.54, 1.807) is 4.90 Å². The number of anilines is 1. The highest BCUT2D eigenvalue weighted by molar-refractivity contribution is 5.66. The second-order valence-corrected chi connectivity index (χ2v) is 6.81. The quantitative estimate of drug-likeness (QED) is 0.915. The lowest BCUT2D eigenvalue weighted by molar-refractivity contribution is 0.153. The summed E-state index contributed by atoms with van der Waals surface area (Å²) in [5, 5.41) is 9.34. The predicted molar refractivity (Wildman–Crippen MR) is 94.4 cm³/mol. The molecule has 2 aliphatic heterocycles. The summed E-state index contributed by atoms with van der Waals surface area (Å²) in [5.74, 6) is 0.737. The van der Waals surface area contributed by atoms with Gasteiger partial charge in [-0.3, -0.25) is 0 Å². The minimum absolute atomic E-state index is 0.318. The fourth-order valence-electron chi connectivity index (χ4n) is 4.17. The number of amides is 1. The number of rotatable bonds is 2. The Morgan fingerprint density at radius 1 is 1.04 bits per heavy atom. The summed E-state index contributed by atoms with van der Waals surface area (Å²) in [7, 11) is 0. The monoisotopic (exact) mass is 322 g/mol. The second-order valence-electron chi connectivity index (χ2n) is 6.81. The van der Waals surface area contributed by atoms with Gasteiger partial charge < -0.3 is 14.9 Å². The number of carboxylic acid groups (broad SMARTS) is 1. The first-order valence-electron chi connectivity index (χ1n) is 8.58. The third-order valence-electron chi connectivity index (χ3n) is 5.37. The van der Waals surface area contributed by atoms with Gasteiger partial charge in [-0.1, -0.05) is 48.5 Å². The first-order chi connectivity index (χ1) is 11.7. The Morgan fingerprint density at radius 3 is 2.58 bits per heavy atom. The summed E-state index contributed by atoms with van der Waals surface area (Å²) in [6.45, 7) is 3.16. The molecule has 2 aromatic carbocycles. The molecule has 2 heterocycles. The number of benzene rings is 2. The van der Waals surface area contributed by atoms with Crippen LogP contribution in [0, 0.1) is 5.92 Å². The van der Waals surface area contributed by atoms with Crippen LogP contribution in [0.1, 0.15) is 23.5 Å². The molecule has 0 saturated carbocycles. The van der Waals surface area contributed by atoms with Crippen molar-refractivity contribution in [2.24, 2.45) is 5.92 Å². The topological polar surface area (TPSA) is 43.8 Å². The third-order valence-corrected chi connectivity index (χ3v) is 5.37. The predicted octanol–water partition coefficient (Wildman–Crippen LogP) is 3.79. The van der Waals surface area contributed by atoms with Gasteiger partial charge in [-0.25, -0.2) is 4.79 Å². The fourth-order valence-corrected chi connectivity index (χ4v) is 4.17. The second kappa shape index (κ2) is 6.19. The van der Waals surface area contributed by atoms with E-state index in [2.05, 4.69) is 53.4 Å². The van der Waals surface area contributed by atoms with Crippen LogP contribution in [-0.4, -0.2) is 35.7 Å². The Kier molecular flexibility index (Phi) is 3.89. The molecule has 4 heteroatoms. The molecule has 0 spiro atoms. The Morgan fingerprint density at radius 2 is 1.79 bits per heavy atom. The standard InChI is InChI=1S/C20H22N2O2/c23-20(24)22-13-16-10-11-21(12-15-6-2-1-3-7-15)19-9-5-4-8-17(19)18(16)14-22/h1-9,16,18H,10-14H2,(H,23,24). The molecule has 124 valence electrons. The molecule has 0 radical (unpaired) electrons. The smallest absolute Gasteiger partial charge is 0.407 e.